The van der Waals surface area contributed by atoms with Crippen LogP contribution in [0.1, 0.15) is 18.3 Å². The van der Waals surface area contributed by atoms with Crippen molar-refractivity contribution in [2.75, 3.05) is 31.2 Å². The molecule has 0 atom stereocenters. The van der Waals surface area contributed by atoms with Crippen molar-refractivity contribution >= 4 is 16.5 Å². The molecule has 1 aliphatic rings. The van der Waals surface area contributed by atoms with E-state index in [1.165, 1.54) is 22.3 Å². The summed E-state index contributed by atoms with van der Waals surface area (Å²) in [6, 6.07) is 0. The minimum atomic E-state index is 0.817. The van der Waals surface area contributed by atoms with Crippen LogP contribution in [-0.4, -0.2) is 35.9 Å². The number of hydrogen-bond acceptors (Lipinski definition) is 4. The van der Waals surface area contributed by atoms with E-state index in [0.29, 0.717) is 0 Å². The normalized spacial score (nSPS) is 15.8. The number of aryl methyl sites for hydroxylation is 1. The first kappa shape index (κ1) is 13.6. The van der Waals surface area contributed by atoms with Crippen molar-refractivity contribution in [3.05, 3.63) is 23.1 Å². The Morgan fingerprint density at radius 2 is 2.15 bits per heavy atom. The maximum absolute atomic E-state index is 5.43. The predicted octanol–water partition coefficient (Wildman–Crippen LogP) is 1.47. The lowest BCUT2D eigenvalue weighted by atomic mass is 10.3. The van der Waals surface area contributed by atoms with Crippen LogP contribution in [0.15, 0.2) is 11.7 Å². The number of ether oxygens (including phenoxy) is 1. The van der Waals surface area contributed by atoms with E-state index in [-0.39, 0.29) is 0 Å². The van der Waals surface area contributed by atoms with Crippen molar-refractivity contribution in [2.45, 2.75) is 20.3 Å². The molecule has 108 valence electrons. The molecule has 3 heterocycles. The molecule has 3 rings (SSSR count). The number of nitrogens with zero attached hydrogens (tertiary/aromatic N) is 4. The highest BCUT2D eigenvalue weighted by atomic mass is 32.1. The molecule has 20 heavy (non-hydrogen) atoms. The second-order valence-corrected chi connectivity index (χ2v) is 5.87. The van der Waals surface area contributed by atoms with Gasteiger partial charge >= 0.3 is 0 Å². The number of aromatic nitrogens is 3. The summed E-state index contributed by atoms with van der Waals surface area (Å²) in [7, 11) is 2.13. The lowest BCUT2D eigenvalue weighted by Crippen LogP contribution is -2.44. The molecule has 6 heteroatoms. The van der Waals surface area contributed by atoms with E-state index in [1.54, 1.807) is 11.3 Å². The molecule has 1 aliphatic heterocycles. The van der Waals surface area contributed by atoms with E-state index < -0.39 is 0 Å². The van der Waals surface area contributed by atoms with Crippen molar-refractivity contribution in [3.8, 4) is 5.82 Å². The average Bonchev–Trinajstić information content (AvgIpc) is 3.03. The van der Waals surface area contributed by atoms with Gasteiger partial charge in [0.15, 0.2) is 6.33 Å². The molecule has 1 saturated heterocycles. The maximum atomic E-state index is 5.43. The van der Waals surface area contributed by atoms with Crippen molar-refractivity contribution in [1.29, 1.82) is 0 Å². The van der Waals surface area contributed by atoms with Gasteiger partial charge in [0.2, 0.25) is 5.82 Å². The average molecular weight is 293 g/mol. The van der Waals surface area contributed by atoms with Gasteiger partial charge < -0.3 is 4.74 Å². The molecular formula is C14H21N4OS+. The second kappa shape index (κ2) is 5.54. The number of rotatable bonds is 3. The minimum Gasteiger partial charge on any atom is -0.375 e. The fraction of sp³-hybridized carbons (Fsp3) is 0.571. The zero-order valence-corrected chi connectivity index (χ0v) is 13.1. The Hall–Kier alpha value is -1.40. The summed E-state index contributed by atoms with van der Waals surface area (Å²) in [4.78, 5) is 6.89. The largest absolute Gasteiger partial charge is 0.375 e. The molecule has 0 spiro atoms. The number of anilines is 1. The van der Waals surface area contributed by atoms with Crippen molar-refractivity contribution < 1.29 is 9.30 Å². The SMILES string of the molecule is CCc1ncn(-c2csc(N3CCOCC3)[n+]2C)c1C. The Morgan fingerprint density at radius 1 is 1.40 bits per heavy atom. The van der Waals surface area contributed by atoms with E-state index >= 15 is 0 Å². The zero-order chi connectivity index (χ0) is 14.1. The Kier molecular flexibility index (Phi) is 3.76. The van der Waals surface area contributed by atoms with Crippen molar-refractivity contribution in [3.63, 3.8) is 0 Å². The molecule has 1 fully saturated rings. The highest BCUT2D eigenvalue weighted by molar-refractivity contribution is 7.13. The third kappa shape index (κ3) is 2.23. The molecule has 0 N–H and O–H groups in total. The standard InChI is InChI=1S/C14H21N4OS/c1-4-12-11(2)18(10-15-12)13-9-20-14(16(13)3)17-5-7-19-8-6-17/h9-10H,4-8H2,1-3H3/q+1. The van der Waals surface area contributed by atoms with Crippen LogP contribution in [0, 0.1) is 6.92 Å². The quantitative estimate of drug-likeness (QED) is 0.804. The number of hydrogen-bond donors (Lipinski definition) is 0. The Balaban J connectivity index is 1.95. The molecule has 0 unspecified atom stereocenters. The number of imidazole rings is 1. The van der Waals surface area contributed by atoms with E-state index in [1.807, 2.05) is 6.33 Å². The van der Waals surface area contributed by atoms with Gasteiger partial charge in [-0.15, -0.1) is 0 Å². The molecule has 0 saturated carbocycles. The molecule has 2 aromatic rings. The summed E-state index contributed by atoms with van der Waals surface area (Å²) < 4.78 is 9.86. The van der Waals surface area contributed by atoms with Crippen LogP contribution in [0.5, 0.6) is 0 Å². The van der Waals surface area contributed by atoms with Crippen LogP contribution < -0.4 is 9.47 Å². The Morgan fingerprint density at radius 3 is 2.80 bits per heavy atom. The highest BCUT2D eigenvalue weighted by Crippen LogP contribution is 2.22. The molecule has 0 aromatic carbocycles. The molecule has 5 nitrogen and oxygen atoms in total. The molecule has 0 bridgehead atoms. The van der Waals surface area contributed by atoms with E-state index in [9.17, 15) is 0 Å². The predicted molar refractivity (Wildman–Crippen MR) is 79.8 cm³/mol. The van der Waals surface area contributed by atoms with Crippen molar-refractivity contribution in [2.24, 2.45) is 7.05 Å². The number of morpholine rings is 1. The second-order valence-electron chi connectivity index (χ2n) is 5.04. The first-order chi connectivity index (χ1) is 9.72. The smallest absolute Gasteiger partial charge is 0.282 e. The van der Waals surface area contributed by atoms with Gasteiger partial charge in [-0.2, -0.15) is 0 Å². The van der Waals surface area contributed by atoms with Crippen molar-refractivity contribution in [1.82, 2.24) is 9.55 Å². The zero-order valence-electron chi connectivity index (χ0n) is 12.3. The van der Waals surface area contributed by atoms with E-state index in [4.69, 9.17) is 4.74 Å². The van der Waals surface area contributed by atoms with Gasteiger partial charge in [0, 0.05) is 0 Å². The summed E-state index contributed by atoms with van der Waals surface area (Å²) in [6.45, 7) is 7.85. The van der Waals surface area contributed by atoms with Crippen LogP contribution >= 0.6 is 11.3 Å². The molecule has 0 aliphatic carbocycles. The van der Waals surface area contributed by atoms with Crippen LogP contribution in [0.3, 0.4) is 0 Å². The molecule has 2 aromatic heterocycles. The van der Waals surface area contributed by atoms with Gasteiger partial charge in [0.25, 0.3) is 5.13 Å². The third-order valence-corrected chi connectivity index (χ3v) is 4.94. The minimum absolute atomic E-state index is 0.817. The van der Waals surface area contributed by atoms with Crippen LogP contribution in [0.4, 0.5) is 5.13 Å². The summed E-state index contributed by atoms with van der Waals surface area (Å²) in [6.07, 6.45) is 2.91. The monoisotopic (exact) mass is 293 g/mol. The van der Waals surface area contributed by atoms with Gasteiger partial charge in [-0.1, -0.05) is 18.3 Å². The summed E-state index contributed by atoms with van der Waals surface area (Å²) in [5.74, 6) is 1.18. The fourth-order valence-corrected chi connectivity index (χ4v) is 3.71. The number of thiazole rings is 1. The first-order valence-corrected chi connectivity index (χ1v) is 7.93. The first-order valence-electron chi connectivity index (χ1n) is 7.05. The topological polar surface area (TPSA) is 34.2 Å². The van der Waals surface area contributed by atoms with Crippen LogP contribution in [0.2, 0.25) is 0 Å². The highest BCUT2D eigenvalue weighted by Gasteiger charge is 2.24. The molecular weight excluding hydrogens is 272 g/mol. The van der Waals surface area contributed by atoms with Gasteiger partial charge in [0.05, 0.1) is 44.4 Å². The summed E-state index contributed by atoms with van der Waals surface area (Å²) in [5.41, 5.74) is 2.40. The summed E-state index contributed by atoms with van der Waals surface area (Å²) in [5, 5.41) is 3.49. The van der Waals surface area contributed by atoms with Crippen LogP contribution in [-0.2, 0) is 18.2 Å². The van der Waals surface area contributed by atoms with Crippen LogP contribution in [0.25, 0.3) is 5.82 Å². The van der Waals surface area contributed by atoms with Gasteiger partial charge in [0.1, 0.15) is 5.69 Å². The fourth-order valence-electron chi connectivity index (χ4n) is 2.65. The lowest BCUT2D eigenvalue weighted by molar-refractivity contribution is -0.649. The molecule has 0 radical (unpaired) electrons. The van der Waals surface area contributed by atoms with Gasteiger partial charge in [-0.3, -0.25) is 4.90 Å². The lowest BCUT2D eigenvalue weighted by Gasteiger charge is -2.23. The van der Waals surface area contributed by atoms with Gasteiger partial charge in [-0.05, 0) is 13.3 Å². The van der Waals surface area contributed by atoms with E-state index in [0.717, 1.165) is 32.7 Å². The Bertz CT molecular complexity index is 598. The molecule has 0 amide bonds. The van der Waals surface area contributed by atoms with Gasteiger partial charge in [-0.25, -0.2) is 14.1 Å². The Labute approximate surface area is 123 Å². The maximum Gasteiger partial charge on any atom is 0.282 e. The summed E-state index contributed by atoms with van der Waals surface area (Å²) >= 11 is 1.79. The van der Waals surface area contributed by atoms with E-state index in [2.05, 4.69) is 45.3 Å². The third-order valence-electron chi connectivity index (χ3n) is 3.87.